The Kier molecular flexibility index (Phi) is 4.61. The van der Waals surface area contributed by atoms with E-state index in [1.807, 2.05) is 0 Å². The molecule has 0 rings (SSSR count). The SMILES string of the molecule is COC[C@H](O)CNC(N)=O. The molecule has 10 heavy (non-hydrogen) atoms. The molecule has 60 valence electrons. The van der Waals surface area contributed by atoms with Crippen molar-refractivity contribution in [3.05, 3.63) is 0 Å². The van der Waals surface area contributed by atoms with Crippen LogP contribution in [0, 0.1) is 0 Å². The fraction of sp³-hybridized carbons (Fsp3) is 0.800. The molecule has 0 unspecified atom stereocenters. The molecule has 1 atom stereocenters. The summed E-state index contributed by atoms with van der Waals surface area (Å²) in [5.41, 5.74) is 4.73. The molecule has 0 aromatic heterocycles. The number of carbonyl (C=O) groups is 1. The van der Waals surface area contributed by atoms with Crippen molar-refractivity contribution in [3.63, 3.8) is 0 Å². The average Bonchev–Trinajstić information content (AvgIpc) is 1.85. The number of aliphatic hydroxyl groups excluding tert-OH is 1. The first-order valence-corrected chi connectivity index (χ1v) is 2.87. The van der Waals surface area contributed by atoms with Gasteiger partial charge in [-0.2, -0.15) is 0 Å². The number of methoxy groups -OCH3 is 1. The van der Waals surface area contributed by atoms with Gasteiger partial charge in [-0.25, -0.2) is 4.79 Å². The van der Waals surface area contributed by atoms with Gasteiger partial charge in [0.1, 0.15) is 0 Å². The maximum Gasteiger partial charge on any atom is 0.312 e. The molecule has 0 saturated carbocycles. The van der Waals surface area contributed by atoms with Crippen LogP contribution >= 0.6 is 0 Å². The Bertz CT molecular complexity index is 107. The summed E-state index contributed by atoms with van der Waals surface area (Å²) in [4.78, 5) is 10.1. The Morgan fingerprint density at radius 1 is 1.90 bits per heavy atom. The molecule has 5 nitrogen and oxygen atoms in total. The van der Waals surface area contributed by atoms with Gasteiger partial charge in [0, 0.05) is 13.7 Å². The van der Waals surface area contributed by atoms with Crippen molar-refractivity contribution in [2.45, 2.75) is 6.10 Å². The van der Waals surface area contributed by atoms with Gasteiger partial charge in [0.05, 0.1) is 12.7 Å². The number of carbonyl (C=O) groups excluding carboxylic acids is 1. The monoisotopic (exact) mass is 148 g/mol. The van der Waals surface area contributed by atoms with Gasteiger partial charge in [-0.15, -0.1) is 0 Å². The van der Waals surface area contributed by atoms with Crippen molar-refractivity contribution in [1.82, 2.24) is 5.32 Å². The van der Waals surface area contributed by atoms with Gasteiger partial charge in [0.2, 0.25) is 0 Å². The van der Waals surface area contributed by atoms with Crippen LogP contribution in [-0.2, 0) is 4.74 Å². The minimum absolute atomic E-state index is 0.128. The number of hydrogen-bond acceptors (Lipinski definition) is 3. The largest absolute Gasteiger partial charge is 0.389 e. The summed E-state index contributed by atoms with van der Waals surface area (Å²) >= 11 is 0. The molecule has 0 fully saturated rings. The highest BCUT2D eigenvalue weighted by atomic mass is 16.5. The van der Waals surface area contributed by atoms with Crippen LogP contribution in [0.1, 0.15) is 0 Å². The molecule has 0 heterocycles. The molecule has 0 bridgehead atoms. The second-order valence-electron chi connectivity index (χ2n) is 1.85. The van der Waals surface area contributed by atoms with Gasteiger partial charge in [-0.1, -0.05) is 0 Å². The van der Waals surface area contributed by atoms with E-state index in [-0.39, 0.29) is 13.2 Å². The van der Waals surface area contributed by atoms with Crippen molar-refractivity contribution >= 4 is 6.03 Å². The summed E-state index contributed by atoms with van der Waals surface area (Å²) in [6.07, 6.45) is -0.683. The van der Waals surface area contributed by atoms with E-state index in [9.17, 15) is 4.79 Å². The fourth-order valence-corrected chi connectivity index (χ4v) is 0.470. The summed E-state index contributed by atoms with van der Waals surface area (Å²) in [7, 11) is 1.47. The summed E-state index contributed by atoms with van der Waals surface area (Å²) in [6.45, 7) is 0.323. The number of nitrogens with one attached hydrogen (secondary N) is 1. The predicted molar refractivity (Wildman–Crippen MR) is 35.5 cm³/mol. The van der Waals surface area contributed by atoms with Gasteiger partial charge >= 0.3 is 6.03 Å². The van der Waals surface area contributed by atoms with Crippen LogP contribution in [0.2, 0.25) is 0 Å². The van der Waals surface area contributed by atoms with Crippen molar-refractivity contribution in [3.8, 4) is 0 Å². The van der Waals surface area contributed by atoms with Crippen molar-refractivity contribution < 1.29 is 14.6 Å². The molecule has 0 aliphatic carbocycles. The number of hydrogen-bond donors (Lipinski definition) is 3. The van der Waals surface area contributed by atoms with E-state index < -0.39 is 12.1 Å². The maximum absolute atomic E-state index is 10.1. The smallest absolute Gasteiger partial charge is 0.312 e. The third-order valence-electron chi connectivity index (χ3n) is 0.871. The molecule has 0 aromatic rings. The Morgan fingerprint density at radius 2 is 2.50 bits per heavy atom. The predicted octanol–water partition coefficient (Wildman–Crippen LogP) is -1.34. The van der Waals surface area contributed by atoms with E-state index in [2.05, 4.69) is 10.1 Å². The van der Waals surface area contributed by atoms with Gasteiger partial charge in [0.15, 0.2) is 0 Å². The van der Waals surface area contributed by atoms with Crippen molar-refractivity contribution in [2.75, 3.05) is 20.3 Å². The van der Waals surface area contributed by atoms with Gasteiger partial charge in [-0.05, 0) is 0 Å². The molecule has 0 radical (unpaired) electrons. The second-order valence-corrected chi connectivity index (χ2v) is 1.85. The number of urea groups is 1. The van der Waals surface area contributed by atoms with Crippen LogP contribution in [0.25, 0.3) is 0 Å². The fourth-order valence-electron chi connectivity index (χ4n) is 0.470. The lowest BCUT2D eigenvalue weighted by molar-refractivity contribution is 0.0662. The Morgan fingerprint density at radius 3 is 2.90 bits per heavy atom. The van der Waals surface area contributed by atoms with Gasteiger partial charge in [-0.3, -0.25) is 0 Å². The molecular weight excluding hydrogens is 136 g/mol. The lowest BCUT2D eigenvalue weighted by Gasteiger charge is -2.08. The van der Waals surface area contributed by atoms with Crippen LogP contribution in [-0.4, -0.2) is 37.5 Å². The number of rotatable bonds is 4. The molecule has 0 spiro atoms. The number of aliphatic hydroxyl groups is 1. The molecule has 0 aromatic carbocycles. The van der Waals surface area contributed by atoms with Crippen LogP contribution in [0.5, 0.6) is 0 Å². The summed E-state index contributed by atoms with van der Waals surface area (Å²) in [5, 5.41) is 11.1. The quantitative estimate of drug-likeness (QED) is 0.461. The standard InChI is InChI=1S/C5H12N2O3/c1-10-3-4(8)2-7-5(6)9/h4,8H,2-3H2,1H3,(H3,6,7,9)/t4-/m1/s1. The third-order valence-corrected chi connectivity index (χ3v) is 0.871. The third kappa shape index (κ3) is 5.33. The van der Waals surface area contributed by atoms with Crippen LogP contribution in [0.4, 0.5) is 4.79 Å². The number of amides is 2. The maximum atomic E-state index is 10.1. The highest BCUT2D eigenvalue weighted by molar-refractivity contribution is 5.71. The van der Waals surface area contributed by atoms with E-state index >= 15 is 0 Å². The van der Waals surface area contributed by atoms with Crippen molar-refractivity contribution in [2.24, 2.45) is 5.73 Å². The first kappa shape index (κ1) is 9.19. The molecule has 5 heteroatoms. The van der Waals surface area contributed by atoms with Crippen LogP contribution in [0.15, 0.2) is 0 Å². The molecule has 0 aliphatic heterocycles. The van der Waals surface area contributed by atoms with E-state index in [1.54, 1.807) is 0 Å². The number of nitrogens with two attached hydrogens (primary N) is 1. The number of ether oxygens (including phenoxy) is 1. The van der Waals surface area contributed by atoms with E-state index in [1.165, 1.54) is 7.11 Å². The molecule has 0 aliphatic rings. The van der Waals surface area contributed by atoms with Gasteiger partial charge in [0.25, 0.3) is 0 Å². The topological polar surface area (TPSA) is 84.6 Å². The van der Waals surface area contributed by atoms with E-state index in [0.717, 1.165) is 0 Å². The zero-order chi connectivity index (χ0) is 7.98. The molecule has 0 saturated heterocycles. The highest BCUT2D eigenvalue weighted by Crippen LogP contribution is 1.79. The average molecular weight is 148 g/mol. The van der Waals surface area contributed by atoms with Gasteiger partial charge < -0.3 is 20.9 Å². The first-order chi connectivity index (χ1) is 4.66. The first-order valence-electron chi connectivity index (χ1n) is 2.87. The Balaban J connectivity index is 3.21. The normalized spacial score (nSPS) is 12.6. The molecule has 2 amide bonds. The second kappa shape index (κ2) is 5.01. The lowest BCUT2D eigenvalue weighted by atomic mass is 10.4. The highest BCUT2D eigenvalue weighted by Gasteiger charge is 2.02. The zero-order valence-corrected chi connectivity index (χ0v) is 5.83. The Hall–Kier alpha value is -0.810. The Labute approximate surface area is 59.2 Å². The van der Waals surface area contributed by atoms with E-state index in [4.69, 9.17) is 10.8 Å². The summed E-state index contributed by atoms with van der Waals surface area (Å²) in [5.74, 6) is 0. The molecule has 4 N–H and O–H groups in total. The van der Waals surface area contributed by atoms with E-state index in [0.29, 0.717) is 0 Å². The minimum atomic E-state index is -0.683. The summed E-state index contributed by atoms with van der Waals surface area (Å²) in [6, 6.07) is -0.643. The summed E-state index contributed by atoms with van der Waals surface area (Å²) < 4.78 is 4.59. The van der Waals surface area contributed by atoms with Crippen LogP contribution in [0.3, 0.4) is 0 Å². The lowest BCUT2D eigenvalue weighted by Crippen LogP contribution is -2.37. The van der Waals surface area contributed by atoms with Crippen LogP contribution < -0.4 is 11.1 Å². The molecular formula is C5H12N2O3. The number of primary amides is 1. The zero-order valence-electron chi connectivity index (χ0n) is 5.83. The van der Waals surface area contributed by atoms with Crippen molar-refractivity contribution in [1.29, 1.82) is 0 Å². The minimum Gasteiger partial charge on any atom is -0.389 e.